The molecular formula is C23H15N3O2S2. The highest BCUT2D eigenvalue weighted by molar-refractivity contribution is 8.00. The molecule has 0 saturated carbocycles. The fourth-order valence-electron chi connectivity index (χ4n) is 3.26. The molecule has 0 aliphatic heterocycles. The summed E-state index contributed by atoms with van der Waals surface area (Å²) in [5.74, 6) is 0.767. The first-order valence-electron chi connectivity index (χ1n) is 9.29. The van der Waals surface area contributed by atoms with Gasteiger partial charge in [0.25, 0.3) is 5.69 Å². The highest BCUT2D eigenvalue weighted by Crippen LogP contribution is 2.34. The first-order chi connectivity index (χ1) is 14.7. The van der Waals surface area contributed by atoms with Gasteiger partial charge in [-0.25, -0.2) is 9.97 Å². The predicted molar refractivity (Wildman–Crippen MR) is 123 cm³/mol. The van der Waals surface area contributed by atoms with Gasteiger partial charge < -0.3 is 0 Å². The Morgan fingerprint density at radius 1 is 0.900 bits per heavy atom. The molecule has 5 nitrogen and oxygen atoms in total. The van der Waals surface area contributed by atoms with Crippen molar-refractivity contribution in [3.05, 3.63) is 94.5 Å². The number of hydrogen-bond donors (Lipinski definition) is 0. The van der Waals surface area contributed by atoms with E-state index in [1.807, 2.05) is 24.3 Å². The number of thioether (sulfide) groups is 1. The Bertz CT molecular complexity index is 1400. The molecule has 0 fully saturated rings. The summed E-state index contributed by atoms with van der Waals surface area (Å²) in [6, 6.07) is 25.4. The van der Waals surface area contributed by atoms with E-state index in [1.54, 1.807) is 23.9 Å². The van der Waals surface area contributed by atoms with Crippen LogP contribution in [0, 0.1) is 10.1 Å². The molecule has 146 valence electrons. The summed E-state index contributed by atoms with van der Waals surface area (Å²) in [6.07, 6.45) is 0. The third kappa shape index (κ3) is 3.77. The largest absolute Gasteiger partial charge is 0.270 e. The van der Waals surface area contributed by atoms with E-state index >= 15 is 0 Å². The average Bonchev–Trinajstić information content (AvgIpc) is 3.20. The fourth-order valence-corrected chi connectivity index (χ4v) is 5.30. The van der Waals surface area contributed by atoms with Crippen LogP contribution in [-0.4, -0.2) is 14.9 Å². The standard InChI is InChI=1S/C23H15N3O2S2/c27-26(28)18-9-11-21-22(13-18)30-23(25-21)29-14-15-4-3-6-17(12-15)20-10-8-16-5-1-2-7-19(16)24-20/h1-13H,14H2. The van der Waals surface area contributed by atoms with Crippen LogP contribution >= 0.6 is 23.1 Å². The molecule has 0 atom stereocenters. The number of aromatic nitrogens is 2. The Kier molecular flexibility index (Phi) is 4.90. The second-order valence-corrected chi connectivity index (χ2v) is 9.02. The third-order valence-corrected chi connectivity index (χ3v) is 6.98. The Balaban J connectivity index is 1.36. The summed E-state index contributed by atoms with van der Waals surface area (Å²) in [5, 5.41) is 12.1. The van der Waals surface area contributed by atoms with Crippen LogP contribution in [0.3, 0.4) is 0 Å². The summed E-state index contributed by atoms with van der Waals surface area (Å²) in [4.78, 5) is 20.0. The van der Waals surface area contributed by atoms with Crippen LogP contribution < -0.4 is 0 Å². The van der Waals surface area contributed by atoms with Crippen molar-refractivity contribution in [2.24, 2.45) is 0 Å². The zero-order valence-corrected chi connectivity index (χ0v) is 17.3. The van der Waals surface area contributed by atoms with Gasteiger partial charge >= 0.3 is 0 Å². The van der Waals surface area contributed by atoms with Gasteiger partial charge in [0.15, 0.2) is 4.34 Å². The second-order valence-electron chi connectivity index (χ2n) is 6.77. The van der Waals surface area contributed by atoms with Crippen LogP contribution in [0.2, 0.25) is 0 Å². The van der Waals surface area contributed by atoms with Gasteiger partial charge in [-0.2, -0.15) is 0 Å². The molecule has 30 heavy (non-hydrogen) atoms. The number of benzene rings is 3. The van der Waals surface area contributed by atoms with E-state index in [1.165, 1.54) is 23.0 Å². The fraction of sp³-hybridized carbons (Fsp3) is 0.0435. The quantitative estimate of drug-likeness (QED) is 0.176. The highest BCUT2D eigenvalue weighted by Gasteiger charge is 2.11. The van der Waals surface area contributed by atoms with Gasteiger partial charge in [0.05, 0.1) is 26.4 Å². The van der Waals surface area contributed by atoms with Gasteiger partial charge in [-0.1, -0.05) is 54.2 Å². The van der Waals surface area contributed by atoms with Crippen LogP contribution in [0.25, 0.3) is 32.4 Å². The van der Waals surface area contributed by atoms with Gasteiger partial charge in [-0.05, 0) is 29.8 Å². The third-order valence-electron chi connectivity index (χ3n) is 4.75. The summed E-state index contributed by atoms with van der Waals surface area (Å²) in [6.45, 7) is 0. The molecule has 0 amide bonds. The van der Waals surface area contributed by atoms with Crippen molar-refractivity contribution >= 4 is 49.9 Å². The van der Waals surface area contributed by atoms with E-state index in [0.717, 1.165) is 42.5 Å². The molecule has 0 N–H and O–H groups in total. The molecule has 5 aromatic rings. The van der Waals surface area contributed by atoms with Crippen LogP contribution in [0.5, 0.6) is 0 Å². The number of hydrogen-bond acceptors (Lipinski definition) is 6. The molecule has 5 rings (SSSR count). The second kappa shape index (κ2) is 7.85. The lowest BCUT2D eigenvalue weighted by molar-refractivity contribution is -0.384. The first-order valence-corrected chi connectivity index (χ1v) is 11.1. The normalized spacial score (nSPS) is 11.2. The smallest absolute Gasteiger partial charge is 0.258 e. The lowest BCUT2D eigenvalue weighted by atomic mass is 10.1. The molecule has 3 aromatic carbocycles. The van der Waals surface area contributed by atoms with Crippen molar-refractivity contribution in [1.82, 2.24) is 9.97 Å². The summed E-state index contributed by atoms with van der Waals surface area (Å²) >= 11 is 3.12. The predicted octanol–water partition coefficient (Wildman–Crippen LogP) is 6.71. The van der Waals surface area contributed by atoms with Crippen molar-refractivity contribution in [2.75, 3.05) is 0 Å². The zero-order valence-electron chi connectivity index (χ0n) is 15.7. The SMILES string of the molecule is O=[N+]([O-])c1ccc2nc(SCc3cccc(-c4ccc5ccccc5n4)c3)sc2c1. The van der Waals surface area contributed by atoms with E-state index in [-0.39, 0.29) is 10.6 Å². The maximum absolute atomic E-state index is 11.0. The minimum absolute atomic E-state index is 0.0956. The maximum Gasteiger partial charge on any atom is 0.270 e. The molecule has 0 spiro atoms. The Morgan fingerprint density at radius 3 is 2.70 bits per heavy atom. The van der Waals surface area contributed by atoms with E-state index < -0.39 is 0 Å². The van der Waals surface area contributed by atoms with Crippen LogP contribution in [-0.2, 0) is 5.75 Å². The topological polar surface area (TPSA) is 68.9 Å². The van der Waals surface area contributed by atoms with Crippen molar-refractivity contribution in [3.8, 4) is 11.3 Å². The minimum atomic E-state index is -0.377. The average molecular weight is 430 g/mol. The summed E-state index contributed by atoms with van der Waals surface area (Å²) in [5.41, 5.74) is 5.09. The molecule has 2 heterocycles. The van der Waals surface area contributed by atoms with Crippen molar-refractivity contribution in [3.63, 3.8) is 0 Å². The van der Waals surface area contributed by atoms with Crippen molar-refractivity contribution < 1.29 is 4.92 Å². The van der Waals surface area contributed by atoms with Crippen molar-refractivity contribution in [1.29, 1.82) is 0 Å². The Morgan fingerprint density at radius 2 is 1.80 bits per heavy atom. The summed E-state index contributed by atoms with van der Waals surface area (Å²) in [7, 11) is 0. The molecule has 7 heteroatoms. The van der Waals surface area contributed by atoms with Gasteiger partial charge in [-0.15, -0.1) is 11.3 Å². The number of nitro groups is 1. The van der Waals surface area contributed by atoms with E-state index in [2.05, 4.69) is 41.4 Å². The number of fused-ring (bicyclic) bond motifs is 2. The van der Waals surface area contributed by atoms with Crippen molar-refractivity contribution in [2.45, 2.75) is 10.1 Å². The molecule has 0 bridgehead atoms. The minimum Gasteiger partial charge on any atom is -0.258 e. The summed E-state index contributed by atoms with van der Waals surface area (Å²) < 4.78 is 1.74. The molecule has 0 aliphatic rings. The monoisotopic (exact) mass is 429 g/mol. The van der Waals surface area contributed by atoms with E-state index in [9.17, 15) is 10.1 Å². The van der Waals surface area contributed by atoms with E-state index in [0.29, 0.717) is 0 Å². The van der Waals surface area contributed by atoms with Gasteiger partial charge in [0, 0.05) is 28.8 Å². The number of para-hydroxylation sites is 1. The lowest BCUT2D eigenvalue weighted by Gasteiger charge is -2.06. The maximum atomic E-state index is 11.0. The number of pyridine rings is 1. The molecule has 2 aromatic heterocycles. The molecule has 0 unspecified atom stereocenters. The molecule has 0 aliphatic carbocycles. The number of non-ortho nitro benzene ring substituents is 1. The van der Waals surface area contributed by atoms with E-state index in [4.69, 9.17) is 4.98 Å². The van der Waals surface area contributed by atoms with Crippen LogP contribution in [0.15, 0.2) is 83.2 Å². The number of rotatable bonds is 5. The highest BCUT2D eigenvalue weighted by atomic mass is 32.2. The van der Waals surface area contributed by atoms with Gasteiger partial charge in [-0.3, -0.25) is 10.1 Å². The van der Waals surface area contributed by atoms with Crippen LogP contribution in [0.1, 0.15) is 5.56 Å². The number of thiazole rings is 1. The number of nitrogens with zero attached hydrogens (tertiary/aromatic N) is 3. The number of nitro benzene ring substituents is 1. The van der Waals surface area contributed by atoms with Gasteiger partial charge in [0.2, 0.25) is 0 Å². The molecular weight excluding hydrogens is 414 g/mol. The Labute approximate surface area is 180 Å². The first kappa shape index (κ1) is 18.7. The zero-order chi connectivity index (χ0) is 20.5. The van der Waals surface area contributed by atoms with Gasteiger partial charge in [0.1, 0.15) is 0 Å². The molecule has 0 saturated heterocycles. The Hall–Kier alpha value is -3.29. The lowest BCUT2D eigenvalue weighted by Crippen LogP contribution is -1.87. The molecule has 0 radical (unpaired) electrons. The van der Waals surface area contributed by atoms with Crippen LogP contribution in [0.4, 0.5) is 5.69 Å².